The van der Waals surface area contributed by atoms with Crippen molar-refractivity contribution in [3.05, 3.63) is 11.0 Å². The molecule has 76 valence electrons. The average molecular weight is 215 g/mol. The van der Waals surface area contributed by atoms with Gasteiger partial charge in [-0.15, -0.1) is 0 Å². The predicted molar refractivity (Wildman–Crippen MR) is 50.5 cm³/mol. The molecule has 1 saturated heterocycles. The summed E-state index contributed by atoms with van der Waals surface area (Å²) in [5, 5.41) is 1.57. The highest BCUT2D eigenvalue weighted by molar-refractivity contribution is 8.18. The van der Waals surface area contributed by atoms with Crippen LogP contribution in [0.4, 0.5) is 4.79 Å². The van der Waals surface area contributed by atoms with Gasteiger partial charge < -0.3 is 4.74 Å². The molecule has 0 aliphatic carbocycles. The molecule has 5 nitrogen and oxygen atoms in total. The minimum Gasteiger partial charge on any atom is -0.463 e. The zero-order valence-electron chi connectivity index (χ0n) is 7.53. The number of esters is 1. The maximum absolute atomic E-state index is 11.0. The van der Waals surface area contributed by atoms with E-state index in [1.165, 1.54) is 0 Å². The maximum atomic E-state index is 11.0. The molecule has 0 saturated carbocycles. The molecule has 0 bridgehead atoms. The Morgan fingerprint density at radius 3 is 2.79 bits per heavy atom. The molecule has 0 aromatic heterocycles. The van der Waals surface area contributed by atoms with Gasteiger partial charge in [-0.3, -0.25) is 14.9 Å². The van der Waals surface area contributed by atoms with Crippen LogP contribution >= 0.6 is 11.8 Å². The number of hydrogen-bond donors (Lipinski definition) is 1. The Bertz CT molecular complexity index is 310. The largest absolute Gasteiger partial charge is 0.463 e. The summed E-state index contributed by atoms with van der Waals surface area (Å²) in [5.41, 5.74) is 0. The van der Waals surface area contributed by atoms with Gasteiger partial charge in [0.05, 0.1) is 11.5 Å². The summed E-state index contributed by atoms with van der Waals surface area (Å²) in [5.74, 6) is -1.15. The maximum Gasteiger partial charge on any atom is 0.332 e. The highest BCUT2D eigenvalue weighted by Gasteiger charge is 2.26. The smallest absolute Gasteiger partial charge is 0.332 e. The molecule has 0 aromatic carbocycles. The second-order valence-corrected chi connectivity index (χ2v) is 3.53. The third kappa shape index (κ3) is 2.88. The van der Waals surface area contributed by atoms with Gasteiger partial charge in [-0.2, -0.15) is 0 Å². The molecule has 1 heterocycles. The van der Waals surface area contributed by atoms with E-state index in [1.54, 1.807) is 0 Å². The summed E-state index contributed by atoms with van der Waals surface area (Å²) < 4.78 is 4.72. The normalized spacial score (nSPS) is 18.5. The number of amides is 2. The fourth-order valence-corrected chi connectivity index (χ4v) is 1.41. The van der Waals surface area contributed by atoms with E-state index in [0.29, 0.717) is 24.8 Å². The lowest BCUT2D eigenvalue weighted by Gasteiger charge is -1.97. The molecule has 0 atom stereocenters. The monoisotopic (exact) mass is 215 g/mol. The van der Waals surface area contributed by atoms with E-state index in [1.807, 2.05) is 12.2 Å². The van der Waals surface area contributed by atoms with Crippen LogP contribution in [0.1, 0.15) is 13.3 Å². The van der Waals surface area contributed by atoms with Gasteiger partial charge in [-0.05, 0) is 18.2 Å². The summed E-state index contributed by atoms with van der Waals surface area (Å²) in [7, 11) is 0. The van der Waals surface area contributed by atoms with Crippen molar-refractivity contribution in [2.24, 2.45) is 0 Å². The Balaban J connectivity index is 2.55. The van der Waals surface area contributed by atoms with E-state index in [4.69, 9.17) is 4.74 Å². The number of imide groups is 1. The summed E-state index contributed by atoms with van der Waals surface area (Å²) in [6.45, 7) is 2.17. The minimum absolute atomic E-state index is 0.0797. The van der Waals surface area contributed by atoms with Gasteiger partial charge in [0.1, 0.15) is 0 Å². The van der Waals surface area contributed by atoms with Gasteiger partial charge in [-0.25, -0.2) is 4.79 Å². The molecule has 0 unspecified atom stereocenters. The molecule has 0 aromatic rings. The number of carbonyl (C=O) groups excluding carboxylic acids is 3. The third-order valence-electron chi connectivity index (χ3n) is 1.34. The van der Waals surface area contributed by atoms with Crippen LogP contribution in [-0.2, 0) is 14.3 Å². The second-order valence-electron chi connectivity index (χ2n) is 2.52. The molecular weight excluding hydrogens is 206 g/mol. The summed E-state index contributed by atoms with van der Waals surface area (Å²) in [6, 6.07) is 0. The lowest BCUT2D eigenvalue weighted by molar-refractivity contribution is -0.138. The Hall–Kier alpha value is -1.30. The van der Waals surface area contributed by atoms with Crippen LogP contribution in [0.5, 0.6) is 0 Å². The standard InChI is InChI=1S/C8H9NO4S/c1-2-3-13-6(10)4-5-7(11)9-8(12)14-5/h4H,2-3H2,1H3,(H,9,11,12). The first-order valence-electron chi connectivity index (χ1n) is 4.05. The fraction of sp³-hybridized carbons (Fsp3) is 0.375. The highest BCUT2D eigenvalue weighted by Crippen LogP contribution is 2.22. The highest BCUT2D eigenvalue weighted by atomic mass is 32.2. The molecule has 1 N–H and O–H groups in total. The Morgan fingerprint density at radius 2 is 2.29 bits per heavy atom. The van der Waals surface area contributed by atoms with Crippen molar-refractivity contribution in [1.29, 1.82) is 0 Å². The predicted octanol–water partition coefficient (Wildman–Crippen LogP) is 0.806. The van der Waals surface area contributed by atoms with E-state index in [-0.39, 0.29) is 4.91 Å². The van der Waals surface area contributed by atoms with Crippen molar-refractivity contribution in [2.75, 3.05) is 6.61 Å². The van der Waals surface area contributed by atoms with Crippen LogP contribution in [0.3, 0.4) is 0 Å². The summed E-state index contributed by atoms with van der Waals surface area (Å²) >= 11 is 0.696. The number of ether oxygens (including phenoxy) is 1. The van der Waals surface area contributed by atoms with E-state index in [2.05, 4.69) is 0 Å². The van der Waals surface area contributed by atoms with E-state index in [9.17, 15) is 14.4 Å². The van der Waals surface area contributed by atoms with Crippen LogP contribution in [0, 0.1) is 0 Å². The Kier molecular flexibility index (Phi) is 3.70. The topological polar surface area (TPSA) is 72.5 Å². The third-order valence-corrected chi connectivity index (χ3v) is 2.15. The quantitative estimate of drug-likeness (QED) is 0.557. The first-order valence-corrected chi connectivity index (χ1v) is 4.86. The van der Waals surface area contributed by atoms with Crippen LogP contribution < -0.4 is 5.32 Å². The zero-order valence-corrected chi connectivity index (χ0v) is 8.35. The molecule has 1 fully saturated rings. The number of thioether (sulfide) groups is 1. The van der Waals surface area contributed by atoms with Crippen molar-refractivity contribution in [1.82, 2.24) is 5.32 Å². The SMILES string of the molecule is CCCOC(=O)C=C1SC(=O)NC1=O. The molecule has 2 amide bonds. The van der Waals surface area contributed by atoms with E-state index in [0.717, 1.165) is 6.08 Å². The molecule has 6 heteroatoms. The molecule has 1 aliphatic heterocycles. The van der Waals surface area contributed by atoms with Crippen molar-refractivity contribution in [2.45, 2.75) is 13.3 Å². The number of hydrogen-bond acceptors (Lipinski definition) is 5. The average Bonchev–Trinajstić information content (AvgIpc) is 2.42. The molecule has 14 heavy (non-hydrogen) atoms. The summed E-state index contributed by atoms with van der Waals surface area (Å²) in [4.78, 5) is 32.7. The van der Waals surface area contributed by atoms with Gasteiger partial charge in [-0.1, -0.05) is 6.92 Å². The Morgan fingerprint density at radius 1 is 1.57 bits per heavy atom. The van der Waals surface area contributed by atoms with Crippen molar-refractivity contribution >= 4 is 28.9 Å². The minimum atomic E-state index is -0.598. The molecule has 0 spiro atoms. The van der Waals surface area contributed by atoms with Crippen molar-refractivity contribution < 1.29 is 19.1 Å². The molecular formula is C8H9NO4S. The summed E-state index contributed by atoms with van der Waals surface area (Å²) in [6.07, 6.45) is 1.74. The van der Waals surface area contributed by atoms with E-state index < -0.39 is 17.1 Å². The first-order chi connectivity index (χ1) is 6.63. The molecule has 1 rings (SSSR count). The number of rotatable bonds is 3. The van der Waals surface area contributed by atoms with Gasteiger partial charge in [0.15, 0.2) is 0 Å². The second kappa shape index (κ2) is 4.80. The van der Waals surface area contributed by atoms with Crippen LogP contribution in [0.25, 0.3) is 0 Å². The van der Waals surface area contributed by atoms with Gasteiger partial charge in [0.2, 0.25) is 0 Å². The van der Waals surface area contributed by atoms with Gasteiger partial charge in [0.25, 0.3) is 11.1 Å². The van der Waals surface area contributed by atoms with Crippen molar-refractivity contribution in [3.63, 3.8) is 0 Å². The Labute approximate surface area is 84.9 Å². The number of carbonyl (C=O) groups is 3. The van der Waals surface area contributed by atoms with Crippen LogP contribution in [0.15, 0.2) is 11.0 Å². The zero-order chi connectivity index (χ0) is 10.6. The van der Waals surface area contributed by atoms with Crippen LogP contribution in [-0.4, -0.2) is 23.7 Å². The lowest BCUT2D eigenvalue weighted by atomic mass is 10.4. The molecule has 0 radical (unpaired) electrons. The molecule has 1 aliphatic rings. The lowest BCUT2D eigenvalue weighted by Crippen LogP contribution is -2.18. The first kappa shape index (κ1) is 10.8. The van der Waals surface area contributed by atoms with Gasteiger partial charge in [0, 0.05) is 6.08 Å². The van der Waals surface area contributed by atoms with Crippen LogP contribution in [0.2, 0.25) is 0 Å². The van der Waals surface area contributed by atoms with E-state index >= 15 is 0 Å². The van der Waals surface area contributed by atoms with Gasteiger partial charge >= 0.3 is 5.97 Å². The van der Waals surface area contributed by atoms with Crippen molar-refractivity contribution in [3.8, 4) is 0 Å². The fourth-order valence-electron chi connectivity index (χ4n) is 0.772. The number of nitrogens with one attached hydrogen (secondary N) is 1.